The van der Waals surface area contributed by atoms with Gasteiger partial charge in [-0.15, -0.1) is 5.10 Å². The molecule has 124 valence electrons. The van der Waals surface area contributed by atoms with E-state index in [0.717, 1.165) is 11.3 Å². The van der Waals surface area contributed by atoms with Crippen molar-refractivity contribution in [3.63, 3.8) is 0 Å². The monoisotopic (exact) mass is 333 g/mol. The van der Waals surface area contributed by atoms with Gasteiger partial charge in [0.2, 0.25) is 11.1 Å². The van der Waals surface area contributed by atoms with Gasteiger partial charge in [0.25, 0.3) is 0 Å². The molecule has 1 heterocycles. The molecule has 6 nitrogen and oxygen atoms in total. The molecule has 0 saturated heterocycles. The number of hydrogen-bond donors (Lipinski definition) is 0. The number of aryl methyl sites for hydroxylation is 1. The molecule has 0 spiro atoms. The van der Waals surface area contributed by atoms with Gasteiger partial charge in [-0.3, -0.25) is 4.79 Å². The molecular formula is C16H23N5OS. The molecule has 7 heteroatoms. The average molecular weight is 333 g/mol. The fourth-order valence-electron chi connectivity index (χ4n) is 2.59. The lowest BCUT2D eigenvalue weighted by Crippen LogP contribution is -2.43. The predicted molar refractivity (Wildman–Crippen MR) is 91.7 cm³/mol. The van der Waals surface area contributed by atoms with Crippen LogP contribution >= 0.6 is 11.8 Å². The van der Waals surface area contributed by atoms with Gasteiger partial charge >= 0.3 is 0 Å². The summed E-state index contributed by atoms with van der Waals surface area (Å²) in [6.45, 7) is 10.1. The summed E-state index contributed by atoms with van der Waals surface area (Å²) in [6, 6.07) is 8.25. The second kappa shape index (κ2) is 7.59. The molecule has 23 heavy (non-hydrogen) atoms. The summed E-state index contributed by atoms with van der Waals surface area (Å²) in [6.07, 6.45) is 0. The lowest BCUT2D eigenvalue weighted by atomic mass is 10.2. The number of para-hydroxylation sites is 1. The smallest absolute Gasteiger partial charge is 0.233 e. The molecule has 0 fully saturated rings. The summed E-state index contributed by atoms with van der Waals surface area (Å²) < 4.78 is 1.68. The van der Waals surface area contributed by atoms with E-state index in [2.05, 4.69) is 15.5 Å². The molecule has 0 aliphatic heterocycles. The van der Waals surface area contributed by atoms with Gasteiger partial charge in [0, 0.05) is 12.1 Å². The highest BCUT2D eigenvalue weighted by molar-refractivity contribution is 7.99. The number of carbonyl (C=O) groups is 1. The maximum Gasteiger partial charge on any atom is 0.233 e. The summed E-state index contributed by atoms with van der Waals surface area (Å²) in [5.41, 5.74) is 2.01. The number of benzene rings is 1. The fourth-order valence-corrected chi connectivity index (χ4v) is 3.35. The van der Waals surface area contributed by atoms with Crippen molar-refractivity contribution >= 4 is 17.7 Å². The third-order valence-corrected chi connectivity index (χ3v) is 4.41. The molecular weight excluding hydrogens is 310 g/mol. The van der Waals surface area contributed by atoms with Gasteiger partial charge in [0.05, 0.1) is 11.4 Å². The van der Waals surface area contributed by atoms with E-state index in [-0.39, 0.29) is 18.0 Å². The van der Waals surface area contributed by atoms with Crippen molar-refractivity contribution in [2.45, 2.75) is 51.9 Å². The average Bonchev–Trinajstić information content (AvgIpc) is 2.93. The largest absolute Gasteiger partial charge is 0.337 e. The van der Waals surface area contributed by atoms with Gasteiger partial charge < -0.3 is 4.90 Å². The van der Waals surface area contributed by atoms with E-state index < -0.39 is 0 Å². The molecule has 0 saturated carbocycles. The van der Waals surface area contributed by atoms with Gasteiger partial charge in [0.15, 0.2) is 0 Å². The Balaban J connectivity index is 2.13. The maximum atomic E-state index is 12.5. The molecule has 2 rings (SSSR count). The van der Waals surface area contributed by atoms with Crippen LogP contribution in [0.4, 0.5) is 0 Å². The van der Waals surface area contributed by atoms with Crippen LogP contribution in [0.25, 0.3) is 5.69 Å². The van der Waals surface area contributed by atoms with Gasteiger partial charge in [-0.05, 0) is 56.7 Å². The zero-order chi connectivity index (χ0) is 17.0. The zero-order valence-corrected chi connectivity index (χ0v) is 15.0. The Morgan fingerprint density at radius 3 is 2.48 bits per heavy atom. The van der Waals surface area contributed by atoms with Crippen LogP contribution < -0.4 is 0 Å². The zero-order valence-electron chi connectivity index (χ0n) is 14.2. The van der Waals surface area contributed by atoms with E-state index in [1.54, 1.807) is 4.68 Å². The summed E-state index contributed by atoms with van der Waals surface area (Å²) in [5.74, 6) is 0.419. The third kappa shape index (κ3) is 4.10. The molecule has 0 N–H and O–H groups in total. The Kier molecular flexibility index (Phi) is 5.76. The standard InChI is InChI=1S/C16H23N5OS/c1-11(2)20(12(3)4)15(22)10-23-16-17-18-19-21(16)14-9-7-6-8-13(14)5/h6-9,11-12H,10H2,1-5H3. The minimum Gasteiger partial charge on any atom is -0.337 e. The normalized spacial score (nSPS) is 11.3. The molecule has 1 amide bonds. The third-order valence-electron chi connectivity index (χ3n) is 3.51. The van der Waals surface area contributed by atoms with Crippen molar-refractivity contribution in [3.8, 4) is 5.69 Å². The van der Waals surface area contributed by atoms with E-state index >= 15 is 0 Å². The quantitative estimate of drug-likeness (QED) is 0.761. The van der Waals surface area contributed by atoms with Crippen molar-refractivity contribution in [1.29, 1.82) is 0 Å². The Hall–Kier alpha value is -1.89. The van der Waals surface area contributed by atoms with Crippen LogP contribution in [0, 0.1) is 6.92 Å². The fraction of sp³-hybridized carbons (Fsp3) is 0.500. The van der Waals surface area contributed by atoms with Crippen LogP contribution in [0.15, 0.2) is 29.4 Å². The number of rotatable bonds is 6. The van der Waals surface area contributed by atoms with Crippen molar-refractivity contribution in [2.75, 3.05) is 5.75 Å². The summed E-state index contributed by atoms with van der Waals surface area (Å²) >= 11 is 1.36. The highest BCUT2D eigenvalue weighted by atomic mass is 32.2. The minimum absolute atomic E-state index is 0.0966. The highest BCUT2D eigenvalue weighted by Gasteiger charge is 2.21. The molecule has 0 aliphatic rings. The second-order valence-electron chi connectivity index (χ2n) is 5.94. The first-order chi connectivity index (χ1) is 10.9. The van der Waals surface area contributed by atoms with Crippen molar-refractivity contribution in [1.82, 2.24) is 25.1 Å². The predicted octanol–water partition coefficient (Wildman–Crippen LogP) is 2.71. The lowest BCUT2D eigenvalue weighted by molar-refractivity contribution is -0.131. The SMILES string of the molecule is Cc1ccccc1-n1nnnc1SCC(=O)N(C(C)C)C(C)C. The molecule has 0 unspecified atom stereocenters. The number of aromatic nitrogens is 4. The summed E-state index contributed by atoms with van der Waals surface area (Å²) in [4.78, 5) is 14.3. The molecule has 0 atom stereocenters. The number of hydrogen-bond acceptors (Lipinski definition) is 5. The van der Waals surface area contributed by atoms with Crippen LogP contribution in [0.1, 0.15) is 33.3 Å². The van der Waals surface area contributed by atoms with Gasteiger partial charge in [0.1, 0.15) is 0 Å². The number of tetrazole rings is 1. The van der Waals surface area contributed by atoms with Gasteiger partial charge in [-0.25, -0.2) is 0 Å². The van der Waals surface area contributed by atoms with E-state index in [1.165, 1.54) is 11.8 Å². The highest BCUT2D eigenvalue weighted by Crippen LogP contribution is 2.21. The van der Waals surface area contributed by atoms with Crippen LogP contribution in [-0.4, -0.2) is 48.9 Å². The number of carbonyl (C=O) groups excluding carboxylic acids is 1. The van der Waals surface area contributed by atoms with E-state index in [4.69, 9.17) is 0 Å². The van der Waals surface area contributed by atoms with Crippen LogP contribution in [0.3, 0.4) is 0 Å². The first-order valence-electron chi connectivity index (χ1n) is 7.70. The number of thioether (sulfide) groups is 1. The molecule has 2 aromatic rings. The Labute approximate surface area is 141 Å². The molecule has 1 aromatic heterocycles. The van der Waals surface area contributed by atoms with Crippen LogP contribution in [0.5, 0.6) is 0 Å². The topological polar surface area (TPSA) is 63.9 Å². The van der Waals surface area contributed by atoms with E-state index in [9.17, 15) is 4.79 Å². The number of nitrogens with zero attached hydrogens (tertiary/aromatic N) is 5. The minimum atomic E-state index is 0.0966. The van der Waals surface area contributed by atoms with E-state index in [1.807, 2.05) is 63.8 Å². The second-order valence-corrected chi connectivity index (χ2v) is 6.88. The van der Waals surface area contributed by atoms with Crippen LogP contribution in [-0.2, 0) is 4.79 Å². The number of amides is 1. The lowest BCUT2D eigenvalue weighted by Gasteiger charge is -2.30. The van der Waals surface area contributed by atoms with Gasteiger partial charge in [-0.1, -0.05) is 30.0 Å². The Morgan fingerprint density at radius 2 is 1.87 bits per heavy atom. The van der Waals surface area contributed by atoms with E-state index in [0.29, 0.717) is 10.9 Å². The molecule has 0 bridgehead atoms. The molecule has 0 radical (unpaired) electrons. The Morgan fingerprint density at radius 1 is 1.22 bits per heavy atom. The van der Waals surface area contributed by atoms with Crippen molar-refractivity contribution in [2.24, 2.45) is 0 Å². The maximum absolute atomic E-state index is 12.5. The van der Waals surface area contributed by atoms with Gasteiger partial charge in [-0.2, -0.15) is 4.68 Å². The summed E-state index contributed by atoms with van der Waals surface area (Å²) in [7, 11) is 0. The van der Waals surface area contributed by atoms with Crippen molar-refractivity contribution < 1.29 is 4.79 Å². The van der Waals surface area contributed by atoms with Crippen molar-refractivity contribution in [3.05, 3.63) is 29.8 Å². The van der Waals surface area contributed by atoms with Crippen LogP contribution in [0.2, 0.25) is 0 Å². The molecule has 0 aliphatic carbocycles. The first-order valence-corrected chi connectivity index (χ1v) is 8.68. The summed E-state index contributed by atoms with van der Waals surface area (Å²) in [5, 5.41) is 12.5. The molecule has 1 aromatic carbocycles. The first kappa shape index (κ1) is 17.5. The Bertz CT molecular complexity index is 660.